The molecule has 2 heterocycles. The number of hydrogen-bond donors (Lipinski definition) is 2. The van der Waals surface area contributed by atoms with Crippen molar-refractivity contribution < 1.29 is 4.79 Å². The number of hydrogen-bond acceptors (Lipinski definition) is 4. The second-order valence-electron chi connectivity index (χ2n) is 6.04. The number of aromatic nitrogens is 3. The van der Waals surface area contributed by atoms with Crippen LogP contribution in [0.5, 0.6) is 0 Å². The predicted molar refractivity (Wildman–Crippen MR) is 99.7 cm³/mol. The molecule has 0 radical (unpaired) electrons. The van der Waals surface area contributed by atoms with Crippen LogP contribution < -0.4 is 10.6 Å². The van der Waals surface area contributed by atoms with Crippen molar-refractivity contribution in [3.05, 3.63) is 30.6 Å². The van der Waals surface area contributed by atoms with Crippen LogP contribution in [0.25, 0.3) is 21.9 Å². The molecule has 128 valence electrons. The number of anilines is 1. The van der Waals surface area contributed by atoms with Crippen molar-refractivity contribution in [3.8, 4) is 0 Å². The molecule has 3 rings (SSSR count). The molecule has 0 atom stereocenters. The molecule has 0 saturated heterocycles. The lowest BCUT2D eigenvalue weighted by Gasteiger charge is -2.11. The fourth-order valence-corrected chi connectivity index (χ4v) is 2.74. The molecule has 3 aromatic rings. The van der Waals surface area contributed by atoms with Gasteiger partial charge >= 0.3 is 0 Å². The van der Waals surface area contributed by atoms with Crippen LogP contribution in [0.4, 0.5) is 5.82 Å². The molecule has 0 unspecified atom stereocenters. The minimum atomic E-state index is -0.130. The highest BCUT2D eigenvalue weighted by Crippen LogP contribution is 2.29. The minimum Gasteiger partial charge on any atom is -0.330 e. The summed E-state index contributed by atoms with van der Waals surface area (Å²) >= 11 is 0. The number of pyridine rings is 1. The fraction of sp³-hybridized carbons (Fsp3) is 0.353. The Morgan fingerprint density at radius 2 is 2.04 bits per heavy atom. The van der Waals surface area contributed by atoms with Crippen LogP contribution >= 0.6 is 12.4 Å². The Balaban J connectivity index is 0.00000208. The molecule has 6 nitrogen and oxygen atoms in total. The number of nitrogens with zero attached hydrogens (tertiary/aromatic N) is 3. The van der Waals surface area contributed by atoms with Crippen molar-refractivity contribution in [3.63, 3.8) is 0 Å². The Labute approximate surface area is 147 Å². The molecule has 0 fully saturated rings. The lowest BCUT2D eigenvalue weighted by molar-refractivity contribution is -0.115. The van der Waals surface area contributed by atoms with Crippen molar-refractivity contribution in [1.29, 1.82) is 0 Å². The van der Waals surface area contributed by atoms with Crippen molar-refractivity contribution in [2.45, 2.75) is 20.4 Å². The summed E-state index contributed by atoms with van der Waals surface area (Å²) in [6, 6.07) is 7.94. The third-order valence-electron chi connectivity index (χ3n) is 3.61. The maximum absolute atomic E-state index is 11.9. The SMILES string of the molecule is CNCC(=O)Nc1nc2ccccc2c2c1ncn2CC(C)C.Cl. The zero-order valence-corrected chi connectivity index (χ0v) is 14.9. The highest BCUT2D eigenvalue weighted by molar-refractivity contribution is 6.09. The number of benzene rings is 1. The van der Waals surface area contributed by atoms with Crippen molar-refractivity contribution in [2.75, 3.05) is 18.9 Å². The first-order valence-corrected chi connectivity index (χ1v) is 7.78. The molecule has 24 heavy (non-hydrogen) atoms. The van der Waals surface area contributed by atoms with Gasteiger partial charge in [0, 0.05) is 11.9 Å². The smallest absolute Gasteiger partial charge is 0.239 e. The molecule has 1 amide bonds. The topological polar surface area (TPSA) is 71.8 Å². The number of carbonyl (C=O) groups excluding carboxylic acids is 1. The van der Waals surface area contributed by atoms with E-state index in [4.69, 9.17) is 0 Å². The minimum absolute atomic E-state index is 0. The molecule has 0 aliphatic heterocycles. The summed E-state index contributed by atoms with van der Waals surface area (Å²) in [6.07, 6.45) is 1.83. The van der Waals surface area contributed by atoms with E-state index in [1.807, 2.05) is 30.6 Å². The van der Waals surface area contributed by atoms with E-state index in [0.717, 1.165) is 28.5 Å². The predicted octanol–water partition coefficient (Wildman–Crippen LogP) is 2.82. The number of amides is 1. The van der Waals surface area contributed by atoms with E-state index < -0.39 is 0 Å². The van der Waals surface area contributed by atoms with Gasteiger partial charge in [0.05, 0.1) is 23.9 Å². The first-order valence-electron chi connectivity index (χ1n) is 7.78. The highest BCUT2D eigenvalue weighted by Gasteiger charge is 2.15. The molecule has 2 aromatic heterocycles. The first kappa shape index (κ1) is 18.2. The standard InChI is InChI=1S/C17H21N5O.ClH/c1-11(2)9-22-10-19-15-16(22)12-6-4-5-7-13(12)20-17(15)21-14(23)8-18-3;/h4-7,10-11,18H,8-9H2,1-3H3,(H,20,21,23);1H. The number of likely N-dealkylation sites (N-methyl/N-ethyl adjacent to an activating group) is 1. The Morgan fingerprint density at radius 1 is 1.29 bits per heavy atom. The summed E-state index contributed by atoms with van der Waals surface area (Å²) in [4.78, 5) is 21.0. The Kier molecular flexibility index (Phi) is 5.75. The fourth-order valence-electron chi connectivity index (χ4n) is 2.74. The summed E-state index contributed by atoms with van der Waals surface area (Å²) in [5, 5.41) is 6.74. The maximum atomic E-state index is 11.9. The molecule has 0 saturated carbocycles. The van der Waals surface area contributed by atoms with Gasteiger partial charge in [0.15, 0.2) is 5.82 Å². The molecular weight excluding hydrogens is 326 g/mol. The van der Waals surface area contributed by atoms with Gasteiger partial charge in [0.2, 0.25) is 5.91 Å². The van der Waals surface area contributed by atoms with Crippen LogP contribution in [-0.2, 0) is 11.3 Å². The van der Waals surface area contributed by atoms with E-state index >= 15 is 0 Å². The lowest BCUT2D eigenvalue weighted by Crippen LogP contribution is -2.25. The first-order chi connectivity index (χ1) is 11.1. The summed E-state index contributed by atoms with van der Waals surface area (Å²) < 4.78 is 2.14. The molecule has 0 spiro atoms. The van der Waals surface area contributed by atoms with Crippen molar-refractivity contribution >= 4 is 46.1 Å². The largest absolute Gasteiger partial charge is 0.330 e. The number of para-hydroxylation sites is 1. The zero-order chi connectivity index (χ0) is 16.4. The van der Waals surface area contributed by atoms with Crippen LogP contribution in [0.1, 0.15) is 13.8 Å². The van der Waals surface area contributed by atoms with Gasteiger partial charge in [0.1, 0.15) is 5.52 Å². The average Bonchev–Trinajstić information content (AvgIpc) is 2.91. The number of imidazole rings is 1. The molecule has 0 aliphatic carbocycles. The van der Waals surface area contributed by atoms with E-state index in [9.17, 15) is 4.79 Å². The quantitative estimate of drug-likeness (QED) is 0.744. The molecule has 1 aromatic carbocycles. The van der Waals surface area contributed by atoms with Gasteiger partial charge in [-0.2, -0.15) is 0 Å². The highest BCUT2D eigenvalue weighted by atomic mass is 35.5. The molecule has 0 bridgehead atoms. The second kappa shape index (κ2) is 7.59. The third kappa shape index (κ3) is 3.49. The van der Waals surface area contributed by atoms with Crippen LogP contribution in [0.2, 0.25) is 0 Å². The van der Waals surface area contributed by atoms with E-state index in [2.05, 4.69) is 39.0 Å². The van der Waals surface area contributed by atoms with Crippen LogP contribution in [0, 0.1) is 5.92 Å². The number of carbonyl (C=O) groups is 1. The summed E-state index contributed by atoms with van der Waals surface area (Å²) in [6.45, 7) is 5.45. The van der Waals surface area contributed by atoms with Gasteiger partial charge in [-0.3, -0.25) is 4.79 Å². The number of fused-ring (bicyclic) bond motifs is 3. The number of nitrogens with one attached hydrogen (secondary N) is 2. The van der Waals surface area contributed by atoms with Crippen LogP contribution in [-0.4, -0.2) is 34.0 Å². The normalized spacial score (nSPS) is 11.0. The van der Waals surface area contributed by atoms with Gasteiger partial charge < -0.3 is 15.2 Å². The molecule has 2 N–H and O–H groups in total. The molecule has 0 aliphatic rings. The van der Waals surface area contributed by atoms with Gasteiger partial charge in [0.25, 0.3) is 0 Å². The second-order valence-corrected chi connectivity index (χ2v) is 6.04. The van der Waals surface area contributed by atoms with Crippen molar-refractivity contribution in [1.82, 2.24) is 19.9 Å². The monoisotopic (exact) mass is 347 g/mol. The lowest BCUT2D eigenvalue weighted by atomic mass is 10.1. The Morgan fingerprint density at radius 3 is 2.75 bits per heavy atom. The summed E-state index contributed by atoms with van der Waals surface area (Å²) in [5.41, 5.74) is 2.60. The van der Waals surface area contributed by atoms with E-state index in [0.29, 0.717) is 11.7 Å². The third-order valence-corrected chi connectivity index (χ3v) is 3.61. The van der Waals surface area contributed by atoms with Gasteiger partial charge in [-0.1, -0.05) is 32.0 Å². The van der Waals surface area contributed by atoms with Gasteiger partial charge in [-0.05, 0) is 19.0 Å². The molecule has 7 heteroatoms. The summed E-state index contributed by atoms with van der Waals surface area (Å²) in [7, 11) is 1.74. The molecular formula is C17H22ClN5O. The van der Waals surface area contributed by atoms with Gasteiger partial charge in [-0.25, -0.2) is 9.97 Å². The van der Waals surface area contributed by atoms with E-state index in [1.165, 1.54) is 0 Å². The Hall–Kier alpha value is -2.18. The number of rotatable bonds is 5. The van der Waals surface area contributed by atoms with E-state index in [-0.39, 0.29) is 24.9 Å². The zero-order valence-electron chi connectivity index (χ0n) is 14.0. The van der Waals surface area contributed by atoms with Gasteiger partial charge in [-0.15, -0.1) is 12.4 Å². The Bertz CT molecular complexity index is 859. The van der Waals surface area contributed by atoms with Crippen LogP contribution in [0.3, 0.4) is 0 Å². The summed E-state index contributed by atoms with van der Waals surface area (Å²) in [5.74, 6) is 0.887. The van der Waals surface area contributed by atoms with E-state index in [1.54, 1.807) is 7.05 Å². The van der Waals surface area contributed by atoms with Crippen molar-refractivity contribution in [2.24, 2.45) is 5.92 Å². The average molecular weight is 348 g/mol. The maximum Gasteiger partial charge on any atom is 0.239 e. The van der Waals surface area contributed by atoms with Crippen LogP contribution in [0.15, 0.2) is 30.6 Å². The number of halogens is 1.